The van der Waals surface area contributed by atoms with Gasteiger partial charge < -0.3 is 24.2 Å². The summed E-state index contributed by atoms with van der Waals surface area (Å²) < 4.78 is 46.5. The van der Waals surface area contributed by atoms with E-state index in [1.165, 1.54) is 22.9 Å². The van der Waals surface area contributed by atoms with Gasteiger partial charge in [-0.1, -0.05) is 6.07 Å². The number of thiocarbonyl (C=S) groups is 1. The van der Waals surface area contributed by atoms with Gasteiger partial charge in [0.15, 0.2) is 5.11 Å². The van der Waals surface area contributed by atoms with Crippen molar-refractivity contribution in [3.05, 3.63) is 53.1 Å². The minimum Gasteiger partial charge on any atom is -0.491 e. The minimum absolute atomic E-state index is 0.0582. The Morgan fingerprint density at radius 1 is 1.14 bits per heavy atom. The molecule has 2 rings (SSSR count). The Balaban J connectivity index is 2.47. The first-order valence-corrected chi connectivity index (χ1v) is 11.8. The molecule has 198 valence electrons. The van der Waals surface area contributed by atoms with Gasteiger partial charge in [-0.25, -0.2) is 0 Å². The van der Waals surface area contributed by atoms with Gasteiger partial charge in [0.25, 0.3) is 0 Å². The van der Waals surface area contributed by atoms with Crippen molar-refractivity contribution in [2.45, 2.75) is 39.4 Å². The Morgan fingerprint density at radius 3 is 2.32 bits per heavy atom. The van der Waals surface area contributed by atoms with Crippen molar-refractivity contribution in [1.29, 1.82) is 5.26 Å². The van der Waals surface area contributed by atoms with Crippen LogP contribution in [0.25, 0.3) is 0 Å². The molecule has 2 aromatic rings. The van der Waals surface area contributed by atoms with Gasteiger partial charge in [0, 0.05) is 31.0 Å². The van der Waals surface area contributed by atoms with Gasteiger partial charge in [-0.15, -0.1) is 0 Å². The highest BCUT2D eigenvalue weighted by Gasteiger charge is 2.36. The van der Waals surface area contributed by atoms with E-state index in [-0.39, 0.29) is 17.4 Å². The average molecular weight is 535 g/mol. The molecule has 0 saturated heterocycles. The number of benzene rings is 2. The number of rotatable bonds is 10. The van der Waals surface area contributed by atoms with Crippen LogP contribution in [0.1, 0.15) is 37.5 Å². The Kier molecular flexibility index (Phi) is 9.64. The highest BCUT2D eigenvalue weighted by atomic mass is 32.1. The van der Waals surface area contributed by atoms with Gasteiger partial charge in [0.05, 0.1) is 29.3 Å². The average Bonchev–Trinajstić information content (AvgIpc) is 2.86. The minimum atomic E-state index is -4.73. The van der Waals surface area contributed by atoms with Gasteiger partial charge >= 0.3 is 6.18 Å². The van der Waals surface area contributed by atoms with E-state index in [2.05, 4.69) is 0 Å². The Hall–Kier alpha value is -3.65. The van der Waals surface area contributed by atoms with E-state index < -0.39 is 22.8 Å². The summed E-state index contributed by atoms with van der Waals surface area (Å²) in [7, 11) is 1.49. The molecule has 0 aliphatic rings. The molecule has 0 aliphatic carbocycles. The number of nitrogens with zero attached hydrogens (tertiary/aromatic N) is 4. The number of aldehydes is 1. The lowest BCUT2D eigenvalue weighted by Gasteiger charge is -2.40. The van der Waals surface area contributed by atoms with Crippen molar-refractivity contribution < 1.29 is 27.5 Å². The zero-order valence-corrected chi connectivity index (χ0v) is 22.1. The summed E-state index contributed by atoms with van der Waals surface area (Å²) in [4.78, 5) is 27.5. The summed E-state index contributed by atoms with van der Waals surface area (Å²) in [6.45, 7) is 8.11. The molecular weight excluding hydrogens is 505 g/mol. The van der Waals surface area contributed by atoms with Crippen LogP contribution in [-0.4, -0.2) is 55.0 Å². The second-order valence-corrected chi connectivity index (χ2v) is 9.19. The van der Waals surface area contributed by atoms with E-state index in [0.29, 0.717) is 30.8 Å². The molecule has 0 fully saturated rings. The van der Waals surface area contributed by atoms with E-state index in [0.717, 1.165) is 24.1 Å². The normalized spacial score (nSPS) is 11.3. The van der Waals surface area contributed by atoms with Crippen LogP contribution in [-0.2, 0) is 15.8 Å². The molecule has 1 amide bonds. The van der Waals surface area contributed by atoms with E-state index in [9.17, 15) is 22.8 Å². The van der Waals surface area contributed by atoms with Gasteiger partial charge in [-0.2, -0.15) is 18.4 Å². The number of likely N-dealkylation sites (N-methyl/N-ethyl adjacent to an activating group) is 1. The van der Waals surface area contributed by atoms with Gasteiger partial charge in [-0.3, -0.25) is 4.79 Å². The largest absolute Gasteiger partial charge is 0.491 e. The first-order valence-electron chi connectivity index (χ1n) is 11.4. The third kappa shape index (κ3) is 6.98. The van der Waals surface area contributed by atoms with Crippen molar-refractivity contribution in [3.8, 4) is 11.8 Å². The fraction of sp³-hybridized carbons (Fsp3) is 0.385. The number of amides is 1. The lowest BCUT2D eigenvalue weighted by Crippen LogP contribution is -2.54. The number of ether oxygens (including phenoxy) is 1. The fourth-order valence-corrected chi connectivity index (χ4v) is 3.96. The number of hydrogen-bond donors (Lipinski definition) is 0. The maximum atomic E-state index is 13.5. The van der Waals surface area contributed by atoms with Crippen LogP contribution in [0.15, 0.2) is 36.4 Å². The summed E-state index contributed by atoms with van der Waals surface area (Å²) >= 11 is 5.66. The molecule has 0 aromatic heterocycles. The second kappa shape index (κ2) is 12.1. The zero-order valence-electron chi connectivity index (χ0n) is 21.3. The second-order valence-electron chi connectivity index (χ2n) is 8.82. The molecule has 11 heteroatoms. The standard InChI is InChI=1S/C26H29F3N4O3S/c1-6-32(17-35)11-12-36-23-14-21(9-7-18(23)2)33(25(3,4)16-34)24(37)31(5)20-10-8-19(15-30)22(13-20)26(27,28)29/h7-10,13-14,16-17H,6,11-12H2,1-5H3. The van der Waals surface area contributed by atoms with Crippen molar-refractivity contribution in [2.24, 2.45) is 0 Å². The lowest BCUT2D eigenvalue weighted by molar-refractivity contribution is -0.137. The van der Waals surface area contributed by atoms with Crippen molar-refractivity contribution >= 4 is 41.4 Å². The fourth-order valence-electron chi connectivity index (χ4n) is 3.52. The Bertz CT molecular complexity index is 1190. The molecule has 0 unspecified atom stereocenters. The number of halogens is 3. The summed E-state index contributed by atoms with van der Waals surface area (Å²) in [5.74, 6) is 0.509. The van der Waals surface area contributed by atoms with Crippen LogP contribution < -0.4 is 14.5 Å². The van der Waals surface area contributed by atoms with Gasteiger partial charge in [-0.05, 0) is 69.7 Å². The predicted octanol–water partition coefficient (Wildman–Crippen LogP) is 4.95. The molecule has 0 aliphatic heterocycles. The summed E-state index contributed by atoms with van der Waals surface area (Å²) in [6.07, 6.45) is -3.30. The van der Waals surface area contributed by atoms with Gasteiger partial charge in [0.1, 0.15) is 18.6 Å². The number of carbonyl (C=O) groups excluding carboxylic acids is 2. The summed E-state index contributed by atoms with van der Waals surface area (Å²) in [5, 5.41) is 9.15. The summed E-state index contributed by atoms with van der Waals surface area (Å²) in [6, 6.07) is 10.1. The van der Waals surface area contributed by atoms with Crippen molar-refractivity contribution in [2.75, 3.05) is 36.5 Å². The van der Waals surface area contributed by atoms with Crippen LogP contribution in [0.4, 0.5) is 24.5 Å². The third-order valence-electron chi connectivity index (χ3n) is 5.78. The van der Waals surface area contributed by atoms with Crippen LogP contribution in [0.3, 0.4) is 0 Å². The number of anilines is 2. The molecule has 0 saturated carbocycles. The van der Waals surface area contributed by atoms with E-state index in [1.54, 1.807) is 43.0 Å². The van der Waals surface area contributed by atoms with Gasteiger partial charge in [0.2, 0.25) is 6.41 Å². The van der Waals surface area contributed by atoms with Crippen LogP contribution in [0, 0.1) is 18.3 Å². The molecule has 0 heterocycles. The number of hydrogen-bond acceptors (Lipinski definition) is 5. The zero-order chi connectivity index (χ0) is 28.0. The first kappa shape index (κ1) is 29.6. The molecule has 0 radical (unpaired) electrons. The number of carbonyl (C=O) groups is 2. The van der Waals surface area contributed by atoms with Crippen molar-refractivity contribution in [1.82, 2.24) is 4.90 Å². The molecule has 0 spiro atoms. The van der Waals surface area contributed by atoms with Crippen LogP contribution >= 0.6 is 12.2 Å². The maximum absolute atomic E-state index is 13.5. The highest BCUT2D eigenvalue weighted by Crippen LogP contribution is 2.36. The van der Waals surface area contributed by atoms with Crippen molar-refractivity contribution in [3.63, 3.8) is 0 Å². The number of alkyl halides is 3. The predicted molar refractivity (Wildman–Crippen MR) is 140 cm³/mol. The number of nitriles is 1. The highest BCUT2D eigenvalue weighted by molar-refractivity contribution is 7.80. The molecule has 37 heavy (non-hydrogen) atoms. The quantitative estimate of drug-likeness (QED) is 0.315. The smallest absolute Gasteiger partial charge is 0.417 e. The topological polar surface area (TPSA) is 76.9 Å². The maximum Gasteiger partial charge on any atom is 0.417 e. The third-order valence-corrected chi connectivity index (χ3v) is 6.24. The molecule has 0 N–H and O–H groups in total. The molecular formula is C26H29F3N4O3S. The monoisotopic (exact) mass is 534 g/mol. The van der Waals surface area contributed by atoms with E-state index >= 15 is 0 Å². The number of aryl methyl sites for hydroxylation is 1. The lowest BCUT2D eigenvalue weighted by atomic mass is 10.0. The SMILES string of the molecule is CCN(C=O)CCOc1cc(N(C(=S)N(C)c2ccc(C#N)c(C(F)(F)F)c2)C(C)(C)C=O)ccc1C. The van der Waals surface area contributed by atoms with Crippen LogP contribution in [0.2, 0.25) is 0 Å². The molecule has 0 bridgehead atoms. The Labute approximate surface area is 220 Å². The molecule has 2 aromatic carbocycles. The van der Waals surface area contributed by atoms with Crippen LogP contribution in [0.5, 0.6) is 5.75 Å². The molecule has 7 nitrogen and oxygen atoms in total. The molecule has 0 atom stereocenters. The summed E-state index contributed by atoms with van der Waals surface area (Å²) in [5.41, 5.74) is -1.36. The first-order chi connectivity index (χ1) is 17.3. The van der Waals surface area contributed by atoms with E-state index in [4.69, 9.17) is 22.2 Å². The Morgan fingerprint density at radius 2 is 1.78 bits per heavy atom. The van der Waals surface area contributed by atoms with E-state index in [1.807, 2.05) is 13.8 Å².